The van der Waals surface area contributed by atoms with E-state index in [0.717, 1.165) is 0 Å². The number of hydrogen-bond acceptors (Lipinski definition) is 4. The number of methoxy groups -OCH3 is 1. The third-order valence-electron chi connectivity index (χ3n) is 3.27. The first kappa shape index (κ1) is 15.2. The zero-order chi connectivity index (χ0) is 15.6. The largest absolute Gasteiger partial charge is 0.497 e. The van der Waals surface area contributed by atoms with Gasteiger partial charge in [0.1, 0.15) is 5.75 Å². The molecule has 0 fully saturated rings. The van der Waals surface area contributed by atoms with Gasteiger partial charge in [-0.1, -0.05) is 0 Å². The van der Waals surface area contributed by atoms with Gasteiger partial charge in [0.2, 0.25) is 0 Å². The fourth-order valence-electron chi connectivity index (χ4n) is 2.04. The Morgan fingerprint density at radius 1 is 1.10 bits per heavy atom. The van der Waals surface area contributed by atoms with E-state index in [1.54, 1.807) is 50.4 Å². The lowest BCUT2D eigenvalue weighted by molar-refractivity contribution is 0.415. The first-order valence-corrected chi connectivity index (χ1v) is 7.79. The Kier molecular flexibility index (Phi) is 4.09. The number of sulfonamides is 1. The quantitative estimate of drug-likeness (QED) is 0.880. The molecule has 5 nitrogen and oxygen atoms in total. The van der Waals surface area contributed by atoms with E-state index >= 15 is 0 Å². The summed E-state index contributed by atoms with van der Waals surface area (Å²) in [6.07, 6.45) is 0. The lowest BCUT2D eigenvalue weighted by atomic mass is 10.2. The number of rotatable bonds is 4. The molecule has 0 radical (unpaired) electrons. The van der Waals surface area contributed by atoms with Crippen LogP contribution in [-0.4, -0.2) is 22.6 Å². The van der Waals surface area contributed by atoms with Crippen LogP contribution in [0.1, 0.15) is 5.56 Å². The van der Waals surface area contributed by atoms with Gasteiger partial charge in [-0.05, 0) is 55.0 Å². The Balaban J connectivity index is 2.42. The van der Waals surface area contributed by atoms with Gasteiger partial charge < -0.3 is 10.5 Å². The van der Waals surface area contributed by atoms with Crippen LogP contribution in [0.15, 0.2) is 47.4 Å². The zero-order valence-corrected chi connectivity index (χ0v) is 13.0. The number of nitrogens with zero attached hydrogens (tertiary/aromatic N) is 1. The second-order valence-electron chi connectivity index (χ2n) is 4.70. The van der Waals surface area contributed by atoms with E-state index in [0.29, 0.717) is 22.7 Å². The van der Waals surface area contributed by atoms with Crippen LogP contribution in [0.3, 0.4) is 0 Å². The minimum Gasteiger partial charge on any atom is -0.497 e. The molecule has 6 heteroatoms. The maximum absolute atomic E-state index is 12.7. The molecule has 21 heavy (non-hydrogen) atoms. The monoisotopic (exact) mass is 306 g/mol. The molecule has 0 aliphatic carbocycles. The molecule has 0 spiro atoms. The van der Waals surface area contributed by atoms with Gasteiger partial charge in [-0.2, -0.15) is 0 Å². The van der Waals surface area contributed by atoms with Gasteiger partial charge in [0.05, 0.1) is 17.7 Å². The number of nitrogen functional groups attached to an aromatic ring is 1. The minimum atomic E-state index is -3.62. The van der Waals surface area contributed by atoms with E-state index in [2.05, 4.69) is 0 Å². The second-order valence-corrected chi connectivity index (χ2v) is 6.63. The van der Waals surface area contributed by atoms with E-state index < -0.39 is 10.0 Å². The molecule has 112 valence electrons. The molecule has 0 saturated carbocycles. The van der Waals surface area contributed by atoms with Gasteiger partial charge in [-0.3, -0.25) is 4.31 Å². The molecule has 0 unspecified atom stereocenters. The van der Waals surface area contributed by atoms with Gasteiger partial charge in [-0.15, -0.1) is 0 Å². The molecular formula is C15H18N2O3S. The normalized spacial score (nSPS) is 11.2. The summed E-state index contributed by atoms with van der Waals surface area (Å²) in [5.74, 6) is 0.674. The van der Waals surface area contributed by atoms with E-state index in [1.807, 2.05) is 0 Å². The molecule has 0 aliphatic rings. The van der Waals surface area contributed by atoms with E-state index in [-0.39, 0.29) is 4.90 Å². The Bertz CT molecular complexity index is 740. The van der Waals surface area contributed by atoms with E-state index in [1.165, 1.54) is 17.4 Å². The van der Waals surface area contributed by atoms with Crippen molar-refractivity contribution in [1.29, 1.82) is 0 Å². The molecule has 0 atom stereocenters. The maximum atomic E-state index is 12.7. The number of hydrogen-bond donors (Lipinski definition) is 1. The number of anilines is 2. The van der Waals surface area contributed by atoms with Crippen LogP contribution in [0.2, 0.25) is 0 Å². The molecule has 2 rings (SSSR count). The highest BCUT2D eigenvalue weighted by Crippen LogP contribution is 2.26. The smallest absolute Gasteiger partial charge is 0.264 e. The first-order chi connectivity index (χ1) is 9.86. The van der Waals surface area contributed by atoms with Gasteiger partial charge in [-0.25, -0.2) is 8.42 Å². The summed E-state index contributed by atoms with van der Waals surface area (Å²) in [4.78, 5) is 0.245. The van der Waals surface area contributed by atoms with Crippen molar-refractivity contribution >= 4 is 21.4 Å². The summed E-state index contributed by atoms with van der Waals surface area (Å²) < 4.78 is 31.7. The van der Waals surface area contributed by atoms with Crippen molar-refractivity contribution in [3.05, 3.63) is 48.0 Å². The molecular weight excluding hydrogens is 288 g/mol. The van der Waals surface area contributed by atoms with Crippen LogP contribution in [0.5, 0.6) is 5.75 Å². The third kappa shape index (κ3) is 2.95. The van der Waals surface area contributed by atoms with Crippen molar-refractivity contribution in [3.8, 4) is 5.75 Å². The van der Waals surface area contributed by atoms with Gasteiger partial charge in [0.25, 0.3) is 10.0 Å². The number of aryl methyl sites for hydroxylation is 1. The molecule has 0 amide bonds. The molecule has 0 aliphatic heterocycles. The van der Waals surface area contributed by atoms with Crippen LogP contribution < -0.4 is 14.8 Å². The molecule has 2 N–H and O–H groups in total. The standard InChI is InChI=1S/C15H18N2O3S/c1-11-10-12(16)4-9-15(11)21(18,19)17(2)13-5-7-14(20-3)8-6-13/h4-10H,16H2,1-3H3. The summed E-state index contributed by atoms with van der Waals surface area (Å²) in [7, 11) is -0.539. The fourth-order valence-corrected chi connectivity index (χ4v) is 3.44. The summed E-state index contributed by atoms with van der Waals surface area (Å²) >= 11 is 0. The lowest BCUT2D eigenvalue weighted by Crippen LogP contribution is -2.27. The average Bonchev–Trinajstić information content (AvgIpc) is 2.46. The summed E-state index contributed by atoms with van der Waals surface area (Å²) in [5, 5.41) is 0. The minimum absolute atomic E-state index is 0.245. The van der Waals surface area contributed by atoms with E-state index in [4.69, 9.17) is 10.5 Å². The number of ether oxygens (including phenoxy) is 1. The fraction of sp³-hybridized carbons (Fsp3) is 0.200. The maximum Gasteiger partial charge on any atom is 0.264 e. The molecule has 2 aromatic carbocycles. The van der Waals surface area contributed by atoms with Crippen molar-refractivity contribution in [2.75, 3.05) is 24.2 Å². The SMILES string of the molecule is COc1ccc(N(C)S(=O)(=O)c2ccc(N)cc2C)cc1. The van der Waals surface area contributed by atoms with Crippen molar-refractivity contribution < 1.29 is 13.2 Å². The Labute approximate surface area is 125 Å². The van der Waals surface area contributed by atoms with Crippen molar-refractivity contribution in [1.82, 2.24) is 0 Å². The van der Waals surface area contributed by atoms with E-state index in [9.17, 15) is 8.42 Å². The highest BCUT2D eigenvalue weighted by atomic mass is 32.2. The van der Waals surface area contributed by atoms with Crippen molar-refractivity contribution in [2.24, 2.45) is 0 Å². The molecule has 2 aromatic rings. The van der Waals surface area contributed by atoms with Gasteiger partial charge >= 0.3 is 0 Å². The van der Waals surface area contributed by atoms with Crippen LogP contribution >= 0.6 is 0 Å². The van der Waals surface area contributed by atoms with Crippen molar-refractivity contribution in [3.63, 3.8) is 0 Å². The van der Waals surface area contributed by atoms with Crippen LogP contribution in [0.25, 0.3) is 0 Å². The second kappa shape index (κ2) is 5.65. The highest BCUT2D eigenvalue weighted by molar-refractivity contribution is 7.92. The van der Waals surface area contributed by atoms with Gasteiger partial charge in [0.15, 0.2) is 0 Å². The summed E-state index contributed by atoms with van der Waals surface area (Å²) in [6.45, 7) is 1.73. The summed E-state index contributed by atoms with van der Waals surface area (Å²) in [6, 6.07) is 11.6. The molecule has 0 saturated heterocycles. The topological polar surface area (TPSA) is 72.6 Å². The zero-order valence-electron chi connectivity index (χ0n) is 12.2. The highest BCUT2D eigenvalue weighted by Gasteiger charge is 2.23. The lowest BCUT2D eigenvalue weighted by Gasteiger charge is -2.21. The predicted molar refractivity (Wildman–Crippen MR) is 84.2 cm³/mol. The Morgan fingerprint density at radius 3 is 2.24 bits per heavy atom. The van der Waals surface area contributed by atoms with Crippen LogP contribution in [0, 0.1) is 6.92 Å². The number of nitrogens with two attached hydrogens (primary N) is 1. The summed E-state index contributed by atoms with van der Waals surface area (Å²) in [5.41, 5.74) is 7.39. The molecule has 0 aromatic heterocycles. The predicted octanol–water partition coefficient (Wildman–Crippen LogP) is 2.41. The van der Waals surface area contributed by atoms with Crippen molar-refractivity contribution in [2.45, 2.75) is 11.8 Å². The molecule has 0 bridgehead atoms. The van der Waals surface area contributed by atoms with Crippen LogP contribution in [-0.2, 0) is 10.0 Å². The number of benzene rings is 2. The van der Waals surface area contributed by atoms with Gasteiger partial charge in [0, 0.05) is 12.7 Å². The van der Waals surface area contributed by atoms with Crippen LogP contribution in [0.4, 0.5) is 11.4 Å². The third-order valence-corrected chi connectivity index (χ3v) is 5.22. The average molecular weight is 306 g/mol. The Morgan fingerprint density at radius 2 is 1.71 bits per heavy atom. The first-order valence-electron chi connectivity index (χ1n) is 6.35. The Hall–Kier alpha value is -2.21. The molecule has 0 heterocycles.